The van der Waals surface area contributed by atoms with Crippen molar-refractivity contribution in [2.45, 2.75) is 38.1 Å². The molecule has 0 saturated heterocycles. The Bertz CT molecular complexity index is 1020. The van der Waals surface area contributed by atoms with Gasteiger partial charge in [-0.15, -0.1) is 22.7 Å². The van der Waals surface area contributed by atoms with Crippen LogP contribution in [0.4, 0.5) is 0 Å². The molecule has 2 N–H and O–H groups in total. The molecule has 158 valence electrons. The molecule has 0 radical (unpaired) electrons. The molecule has 0 spiro atoms. The molecule has 0 saturated carbocycles. The van der Waals surface area contributed by atoms with E-state index in [4.69, 9.17) is 11.6 Å². The second kappa shape index (κ2) is 10.7. The van der Waals surface area contributed by atoms with Crippen LogP contribution in [0.25, 0.3) is 10.1 Å². The molecule has 1 unspecified atom stereocenters. The summed E-state index contributed by atoms with van der Waals surface area (Å²) in [7, 11) is 0. The van der Waals surface area contributed by atoms with Crippen molar-refractivity contribution in [1.29, 1.82) is 0 Å². The van der Waals surface area contributed by atoms with Crippen molar-refractivity contribution in [2.75, 3.05) is 6.54 Å². The second-order valence-electron chi connectivity index (χ2n) is 6.99. The normalized spacial score (nSPS) is 13.0. The Hall–Kier alpha value is -2.22. The van der Waals surface area contributed by atoms with Crippen molar-refractivity contribution in [3.05, 3.63) is 56.6 Å². The first-order chi connectivity index (χ1) is 14.5. The minimum Gasteiger partial charge on any atom is -0.351 e. The summed E-state index contributed by atoms with van der Waals surface area (Å²) in [5.74, 6) is -0.605. The van der Waals surface area contributed by atoms with Crippen LogP contribution in [0.3, 0.4) is 0 Å². The topological polar surface area (TPSA) is 75.3 Å². The van der Waals surface area contributed by atoms with E-state index in [0.29, 0.717) is 22.9 Å². The molecule has 1 aromatic carbocycles. The van der Waals surface area contributed by atoms with E-state index < -0.39 is 6.04 Å². The van der Waals surface area contributed by atoms with Gasteiger partial charge >= 0.3 is 0 Å². The van der Waals surface area contributed by atoms with E-state index in [-0.39, 0.29) is 17.7 Å². The van der Waals surface area contributed by atoms with E-state index >= 15 is 0 Å². The van der Waals surface area contributed by atoms with Gasteiger partial charge in [-0.3, -0.25) is 9.59 Å². The van der Waals surface area contributed by atoms with Gasteiger partial charge in [0.25, 0.3) is 5.91 Å². The molecular weight excluding hydrogens is 440 g/mol. The number of hydrogen-bond acceptors (Lipinski definition) is 5. The molecule has 0 aliphatic rings. The number of amides is 2. The fourth-order valence-corrected chi connectivity index (χ4v) is 5.46. The van der Waals surface area contributed by atoms with E-state index in [1.165, 1.54) is 22.7 Å². The Morgan fingerprint density at radius 3 is 2.67 bits per heavy atom. The summed E-state index contributed by atoms with van der Waals surface area (Å²) in [5, 5.41) is 8.98. The van der Waals surface area contributed by atoms with Crippen LogP contribution in [-0.4, -0.2) is 30.7 Å². The number of aldehydes is 1. The van der Waals surface area contributed by atoms with Gasteiger partial charge in [-0.05, 0) is 37.3 Å². The van der Waals surface area contributed by atoms with Gasteiger partial charge < -0.3 is 15.4 Å². The molecule has 2 aromatic heterocycles. The molecule has 2 heterocycles. The van der Waals surface area contributed by atoms with Crippen LogP contribution in [0.1, 0.15) is 46.7 Å². The van der Waals surface area contributed by atoms with Crippen LogP contribution in [0.15, 0.2) is 41.8 Å². The number of hydrogen-bond donors (Lipinski definition) is 2. The third-order valence-electron chi connectivity index (χ3n) is 4.72. The van der Waals surface area contributed by atoms with Crippen LogP contribution in [0, 0.1) is 0 Å². The average molecular weight is 463 g/mol. The smallest absolute Gasteiger partial charge is 0.262 e. The average Bonchev–Trinajstić information content (AvgIpc) is 3.39. The number of nitrogens with one attached hydrogen (secondary N) is 2. The van der Waals surface area contributed by atoms with Crippen LogP contribution in [0.5, 0.6) is 0 Å². The highest BCUT2D eigenvalue weighted by Crippen LogP contribution is 2.35. The molecule has 0 bridgehead atoms. The van der Waals surface area contributed by atoms with Crippen LogP contribution in [-0.2, 0) is 9.59 Å². The van der Waals surface area contributed by atoms with Gasteiger partial charge in [0.15, 0.2) is 0 Å². The van der Waals surface area contributed by atoms with Crippen LogP contribution >= 0.6 is 34.3 Å². The maximum Gasteiger partial charge on any atom is 0.262 e. The summed E-state index contributed by atoms with van der Waals surface area (Å²) in [4.78, 5) is 37.4. The van der Waals surface area contributed by atoms with Crippen molar-refractivity contribution in [1.82, 2.24) is 10.6 Å². The Labute approximate surface area is 188 Å². The number of rotatable bonds is 10. The summed E-state index contributed by atoms with van der Waals surface area (Å²) in [6.07, 6.45) is 2.88. The van der Waals surface area contributed by atoms with Crippen molar-refractivity contribution < 1.29 is 14.4 Å². The monoisotopic (exact) mass is 462 g/mol. The number of fused-ring (bicyclic) bond motifs is 1. The molecular formula is C22H23ClN2O3S2. The molecule has 2 atom stereocenters. The summed E-state index contributed by atoms with van der Waals surface area (Å²) in [6.45, 7) is 2.16. The maximum absolute atomic E-state index is 12.5. The lowest BCUT2D eigenvalue weighted by atomic mass is 9.98. The predicted molar refractivity (Wildman–Crippen MR) is 124 cm³/mol. The molecule has 0 fully saturated rings. The van der Waals surface area contributed by atoms with E-state index in [1.807, 2.05) is 41.8 Å². The summed E-state index contributed by atoms with van der Waals surface area (Å²) in [5.41, 5.74) is 0. The molecule has 8 heteroatoms. The third-order valence-corrected chi connectivity index (χ3v) is 7.38. The minimum absolute atomic E-state index is 0.141. The zero-order chi connectivity index (χ0) is 21.5. The first-order valence-electron chi connectivity index (χ1n) is 9.75. The van der Waals surface area contributed by atoms with Gasteiger partial charge in [0, 0.05) is 21.5 Å². The molecule has 3 aromatic rings. The Kier molecular flexibility index (Phi) is 8.01. The van der Waals surface area contributed by atoms with Crippen LogP contribution in [0.2, 0.25) is 5.02 Å². The van der Waals surface area contributed by atoms with Crippen molar-refractivity contribution in [3.8, 4) is 0 Å². The molecule has 5 nitrogen and oxygen atoms in total. The Balaban J connectivity index is 1.51. The molecule has 2 amide bonds. The summed E-state index contributed by atoms with van der Waals surface area (Å²) in [6, 6.07) is 11.0. The first kappa shape index (κ1) is 22.5. The zero-order valence-corrected chi connectivity index (χ0v) is 18.9. The number of benzene rings is 1. The lowest BCUT2D eigenvalue weighted by molar-refractivity contribution is -0.125. The summed E-state index contributed by atoms with van der Waals surface area (Å²) >= 11 is 9.28. The lowest BCUT2D eigenvalue weighted by Crippen LogP contribution is -2.37. The molecule has 0 aliphatic carbocycles. The SMILES string of the molecule is C[C@@H](C=O)NC(=O)C(CCCCNC(=O)c1sc2ccccc2c1Cl)c1cccs1. The van der Waals surface area contributed by atoms with Gasteiger partial charge in [0.05, 0.1) is 17.0 Å². The van der Waals surface area contributed by atoms with E-state index in [0.717, 1.165) is 34.1 Å². The quantitative estimate of drug-likeness (QED) is 0.328. The second-order valence-corrected chi connectivity index (χ2v) is 9.40. The predicted octanol–water partition coefficient (Wildman–Crippen LogP) is 5.00. The highest BCUT2D eigenvalue weighted by molar-refractivity contribution is 7.21. The van der Waals surface area contributed by atoms with Gasteiger partial charge in [-0.25, -0.2) is 0 Å². The number of carbonyl (C=O) groups is 3. The Morgan fingerprint density at radius 2 is 1.97 bits per heavy atom. The maximum atomic E-state index is 12.5. The van der Waals surface area contributed by atoms with Gasteiger partial charge in [0.1, 0.15) is 11.2 Å². The molecule has 30 heavy (non-hydrogen) atoms. The largest absolute Gasteiger partial charge is 0.351 e. The van der Waals surface area contributed by atoms with Crippen LogP contribution < -0.4 is 10.6 Å². The number of thiophene rings is 2. The number of unbranched alkanes of at least 4 members (excludes halogenated alkanes) is 1. The van der Waals surface area contributed by atoms with Gasteiger partial charge in [-0.2, -0.15) is 0 Å². The van der Waals surface area contributed by atoms with Crippen molar-refractivity contribution >= 4 is 62.5 Å². The minimum atomic E-state index is -0.509. The van der Waals surface area contributed by atoms with Gasteiger partial charge in [0.2, 0.25) is 5.91 Å². The molecule has 3 rings (SSSR count). The highest BCUT2D eigenvalue weighted by atomic mass is 35.5. The summed E-state index contributed by atoms with van der Waals surface area (Å²) < 4.78 is 0.988. The zero-order valence-electron chi connectivity index (χ0n) is 16.5. The highest BCUT2D eigenvalue weighted by Gasteiger charge is 2.22. The standard InChI is InChI=1S/C22H23ClN2O3S2/c1-14(13-26)25-21(27)16(17-10-6-12-29-17)8-4-5-11-24-22(28)20-19(23)15-7-2-3-9-18(15)30-20/h2-3,6-7,9-10,12-14,16H,4-5,8,11H2,1H3,(H,24,28)(H,25,27)/t14-,16?/m0/s1. The fraction of sp³-hybridized carbons (Fsp3) is 0.318. The fourth-order valence-electron chi connectivity index (χ4n) is 3.17. The van der Waals surface area contributed by atoms with Gasteiger partial charge in [-0.1, -0.05) is 42.3 Å². The van der Waals surface area contributed by atoms with E-state index in [2.05, 4.69) is 10.6 Å². The van der Waals surface area contributed by atoms with Crippen molar-refractivity contribution in [3.63, 3.8) is 0 Å². The van der Waals surface area contributed by atoms with E-state index in [1.54, 1.807) is 6.92 Å². The number of carbonyl (C=O) groups excluding carboxylic acids is 3. The Morgan fingerprint density at radius 1 is 1.17 bits per heavy atom. The lowest BCUT2D eigenvalue weighted by Gasteiger charge is -2.17. The molecule has 0 aliphatic heterocycles. The van der Waals surface area contributed by atoms with Crippen molar-refractivity contribution in [2.24, 2.45) is 0 Å². The van der Waals surface area contributed by atoms with E-state index in [9.17, 15) is 14.4 Å². The third kappa shape index (κ3) is 5.47. The number of halogens is 1. The first-order valence-corrected chi connectivity index (χ1v) is 11.8.